The monoisotopic (exact) mass is 520 g/mol. The predicted molar refractivity (Wildman–Crippen MR) is 139 cm³/mol. The Labute approximate surface area is 222 Å². The molecule has 8 heteroatoms. The number of hydrogen-bond donors (Lipinski definition) is 0. The molecule has 1 aliphatic rings. The minimum absolute atomic E-state index is 0.114. The van der Waals surface area contributed by atoms with Gasteiger partial charge in [0.1, 0.15) is 24.7 Å². The number of benzene rings is 2. The van der Waals surface area contributed by atoms with Crippen LogP contribution in [0.1, 0.15) is 50.2 Å². The first-order valence-electron chi connectivity index (χ1n) is 12.5. The fourth-order valence-corrected chi connectivity index (χ4v) is 4.00. The summed E-state index contributed by atoms with van der Waals surface area (Å²) in [7, 11) is 0. The van der Waals surface area contributed by atoms with Gasteiger partial charge in [0.25, 0.3) is 0 Å². The van der Waals surface area contributed by atoms with Crippen LogP contribution in [0.2, 0.25) is 0 Å². The molecule has 0 N–H and O–H groups in total. The van der Waals surface area contributed by atoms with E-state index in [0.717, 1.165) is 30.0 Å². The number of esters is 4. The Balaban J connectivity index is 1.37. The molecular weight excluding hydrogens is 488 g/mol. The van der Waals surface area contributed by atoms with Crippen LogP contribution in [0.5, 0.6) is 11.5 Å². The van der Waals surface area contributed by atoms with E-state index >= 15 is 0 Å². The van der Waals surface area contributed by atoms with Crippen LogP contribution in [-0.2, 0) is 41.9 Å². The third-order valence-electron chi connectivity index (χ3n) is 6.20. The maximum absolute atomic E-state index is 12.6. The molecule has 38 heavy (non-hydrogen) atoms. The van der Waals surface area contributed by atoms with Gasteiger partial charge in [0, 0.05) is 18.1 Å². The van der Waals surface area contributed by atoms with Gasteiger partial charge in [0.15, 0.2) is 0 Å². The van der Waals surface area contributed by atoms with Crippen LogP contribution in [0.4, 0.5) is 0 Å². The zero-order valence-corrected chi connectivity index (χ0v) is 21.5. The van der Waals surface area contributed by atoms with Crippen molar-refractivity contribution in [2.45, 2.75) is 52.2 Å². The summed E-state index contributed by atoms with van der Waals surface area (Å²) in [5.74, 6) is -0.790. The van der Waals surface area contributed by atoms with Crippen molar-refractivity contribution in [1.29, 1.82) is 0 Å². The lowest BCUT2D eigenvalue weighted by atomic mass is 9.80. The maximum Gasteiger partial charge on any atom is 0.333 e. The first-order valence-corrected chi connectivity index (χ1v) is 12.5. The normalized spacial score (nSPS) is 16.6. The second-order valence-electron chi connectivity index (χ2n) is 9.27. The van der Waals surface area contributed by atoms with Crippen LogP contribution in [0.3, 0.4) is 0 Å². The van der Waals surface area contributed by atoms with E-state index in [1.54, 1.807) is 55.5 Å². The molecule has 0 amide bonds. The molecule has 1 saturated carbocycles. The number of carbonyl (C=O) groups is 4. The lowest BCUT2D eigenvalue weighted by Crippen LogP contribution is -2.27. The average Bonchev–Trinajstić information content (AvgIpc) is 2.92. The summed E-state index contributed by atoms with van der Waals surface area (Å²) in [6.45, 7) is 8.70. The Morgan fingerprint density at radius 3 is 1.87 bits per heavy atom. The number of hydrogen-bond acceptors (Lipinski definition) is 8. The van der Waals surface area contributed by atoms with Crippen molar-refractivity contribution in [2.75, 3.05) is 0 Å². The van der Waals surface area contributed by atoms with Gasteiger partial charge in [-0.15, -0.1) is 0 Å². The van der Waals surface area contributed by atoms with Gasteiger partial charge in [-0.2, -0.15) is 0 Å². The molecule has 2 aromatic carbocycles. The minimum Gasteiger partial charge on any atom is -0.458 e. The molecule has 200 valence electrons. The Kier molecular flexibility index (Phi) is 10.4. The third-order valence-corrected chi connectivity index (χ3v) is 6.20. The molecule has 2 aromatic rings. The number of carbonyl (C=O) groups excluding carboxylic acids is 4. The highest BCUT2D eigenvalue weighted by Gasteiger charge is 2.29. The van der Waals surface area contributed by atoms with Gasteiger partial charge in [-0.05, 0) is 73.9 Å². The molecule has 1 aliphatic carbocycles. The second-order valence-corrected chi connectivity index (χ2v) is 9.27. The first-order chi connectivity index (χ1) is 18.2. The molecule has 0 heterocycles. The fraction of sp³-hybridized carbons (Fsp3) is 0.333. The van der Waals surface area contributed by atoms with Crippen LogP contribution >= 0.6 is 0 Å². The van der Waals surface area contributed by atoms with E-state index in [4.69, 9.17) is 18.9 Å². The van der Waals surface area contributed by atoms with Gasteiger partial charge < -0.3 is 18.9 Å². The molecule has 8 nitrogen and oxygen atoms in total. The summed E-state index contributed by atoms with van der Waals surface area (Å²) in [4.78, 5) is 47.6. The van der Waals surface area contributed by atoms with Crippen molar-refractivity contribution in [1.82, 2.24) is 0 Å². The van der Waals surface area contributed by atoms with E-state index in [-0.39, 0.29) is 43.4 Å². The lowest BCUT2D eigenvalue weighted by Gasteiger charge is -2.26. The van der Waals surface area contributed by atoms with Gasteiger partial charge in [-0.25, -0.2) is 9.59 Å². The molecule has 0 spiro atoms. The van der Waals surface area contributed by atoms with Crippen molar-refractivity contribution >= 4 is 23.9 Å². The topological polar surface area (TPSA) is 105 Å². The third kappa shape index (κ3) is 9.03. The summed E-state index contributed by atoms with van der Waals surface area (Å²) in [6, 6.07) is 13.6. The van der Waals surface area contributed by atoms with Crippen LogP contribution in [0.15, 0.2) is 73.3 Å². The molecule has 0 aromatic heterocycles. The van der Waals surface area contributed by atoms with Crippen molar-refractivity contribution in [3.8, 4) is 11.5 Å². The highest BCUT2D eigenvalue weighted by Crippen LogP contribution is 2.32. The first kappa shape index (κ1) is 28.4. The number of rotatable bonds is 11. The Bertz CT molecular complexity index is 1160. The standard InChI is InChI=1S/C30H32O8/c1-4-27(31)35-18-22-7-13-25(14-8-22)37-28(32)17-21-5-11-24(12-6-21)30(34)38-26-15-9-23(10-16-26)19-36-29(33)20(2)3/h4,7-10,13-16,21,24H,1-2,5-6,11-12,17-19H2,3H3. The molecule has 0 bridgehead atoms. The Morgan fingerprint density at radius 2 is 1.34 bits per heavy atom. The van der Waals surface area contributed by atoms with E-state index in [1.807, 2.05) is 0 Å². The van der Waals surface area contributed by atoms with Crippen LogP contribution < -0.4 is 9.47 Å². The van der Waals surface area contributed by atoms with Crippen molar-refractivity contribution in [3.05, 3.63) is 84.5 Å². The van der Waals surface area contributed by atoms with Gasteiger partial charge in [-0.1, -0.05) is 37.4 Å². The molecule has 0 radical (unpaired) electrons. The van der Waals surface area contributed by atoms with E-state index in [1.165, 1.54) is 0 Å². The van der Waals surface area contributed by atoms with Crippen molar-refractivity contribution in [3.63, 3.8) is 0 Å². The van der Waals surface area contributed by atoms with Crippen molar-refractivity contribution in [2.24, 2.45) is 11.8 Å². The van der Waals surface area contributed by atoms with Gasteiger partial charge >= 0.3 is 23.9 Å². The zero-order valence-electron chi connectivity index (χ0n) is 21.5. The summed E-state index contributed by atoms with van der Waals surface area (Å²) < 4.78 is 21.0. The summed E-state index contributed by atoms with van der Waals surface area (Å²) in [5, 5.41) is 0. The highest BCUT2D eigenvalue weighted by molar-refractivity contribution is 5.86. The van der Waals surface area contributed by atoms with Gasteiger partial charge in [-0.3, -0.25) is 9.59 Å². The van der Waals surface area contributed by atoms with Crippen molar-refractivity contribution < 1.29 is 38.1 Å². The molecule has 0 aliphatic heterocycles. The van der Waals surface area contributed by atoms with Gasteiger partial charge in [0.2, 0.25) is 0 Å². The highest BCUT2D eigenvalue weighted by atomic mass is 16.5. The van der Waals surface area contributed by atoms with Crippen LogP contribution in [-0.4, -0.2) is 23.9 Å². The lowest BCUT2D eigenvalue weighted by molar-refractivity contribution is -0.141. The molecule has 1 fully saturated rings. The second kappa shape index (κ2) is 13.9. The Morgan fingerprint density at radius 1 is 0.816 bits per heavy atom. The summed E-state index contributed by atoms with van der Waals surface area (Å²) in [5.41, 5.74) is 1.88. The number of ether oxygens (including phenoxy) is 4. The van der Waals surface area contributed by atoms with Crippen LogP contribution in [0, 0.1) is 11.8 Å². The minimum atomic E-state index is -0.502. The zero-order chi connectivity index (χ0) is 27.5. The summed E-state index contributed by atoms with van der Waals surface area (Å²) in [6.07, 6.45) is 4.12. The molecule has 0 saturated heterocycles. The largest absolute Gasteiger partial charge is 0.458 e. The Hall–Kier alpha value is -4.20. The molecule has 0 unspecified atom stereocenters. The predicted octanol–water partition coefficient (Wildman–Crippen LogP) is 5.24. The molecule has 3 rings (SSSR count). The smallest absolute Gasteiger partial charge is 0.333 e. The van der Waals surface area contributed by atoms with Crippen LogP contribution in [0.25, 0.3) is 0 Å². The average molecular weight is 521 g/mol. The van der Waals surface area contributed by atoms with Gasteiger partial charge in [0.05, 0.1) is 5.92 Å². The quantitative estimate of drug-likeness (QED) is 0.225. The van der Waals surface area contributed by atoms with E-state index < -0.39 is 11.9 Å². The maximum atomic E-state index is 12.6. The SMILES string of the molecule is C=CC(=O)OCc1ccc(OC(=O)CC2CCC(C(=O)Oc3ccc(COC(=O)C(=C)C)cc3)CC2)cc1. The fourth-order valence-electron chi connectivity index (χ4n) is 4.00. The molecule has 0 atom stereocenters. The summed E-state index contributed by atoms with van der Waals surface area (Å²) >= 11 is 0. The van der Waals surface area contributed by atoms with E-state index in [0.29, 0.717) is 29.9 Å². The molecular formula is C30H32O8. The van der Waals surface area contributed by atoms with E-state index in [2.05, 4.69) is 13.2 Å². The van der Waals surface area contributed by atoms with E-state index in [9.17, 15) is 19.2 Å².